The van der Waals surface area contributed by atoms with Crippen molar-refractivity contribution in [3.63, 3.8) is 0 Å². The second kappa shape index (κ2) is 5.16. The molecule has 1 rings (SSSR count). The van der Waals surface area contributed by atoms with Gasteiger partial charge in [0, 0.05) is 13.3 Å². The molecule has 6 nitrogen and oxygen atoms in total. The van der Waals surface area contributed by atoms with E-state index in [1.165, 1.54) is 25.4 Å². The lowest BCUT2D eigenvalue weighted by molar-refractivity contribution is -0.137. The summed E-state index contributed by atoms with van der Waals surface area (Å²) in [4.78, 5) is 22.0. The molecule has 1 aromatic rings. The van der Waals surface area contributed by atoms with E-state index in [2.05, 4.69) is 4.74 Å². The van der Waals surface area contributed by atoms with E-state index in [0.29, 0.717) is 0 Å². The summed E-state index contributed by atoms with van der Waals surface area (Å²) in [6, 6.07) is 3.00. The van der Waals surface area contributed by atoms with Crippen molar-refractivity contribution in [3.8, 4) is 5.75 Å². The van der Waals surface area contributed by atoms with Crippen molar-refractivity contribution in [2.45, 2.75) is 6.54 Å². The highest BCUT2D eigenvalue weighted by atomic mass is 16.7. The molecule has 1 N–H and O–H groups in total. The van der Waals surface area contributed by atoms with Gasteiger partial charge in [0.05, 0.1) is 0 Å². The minimum atomic E-state index is -1.08. The molecule has 0 aliphatic carbocycles. The molecule has 0 aliphatic heterocycles. The van der Waals surface area contributed by atoms with E-state index >= 15 is 0 Å². The Labute approximate surface area is 85.7 Å². The number of aliphatic carboxylic acids is 1. The average molecular weight is 213 g/mol. The van der Waals surface area contributed by atoms with Gasteiger partial charge in [0.15, 0.2) is 12.5 Å². The van der Waals surface area contributed by atoms with Gasteiger partial charge < -0.3 is 19.1 Å². The smallest absolute Gasteiger partial charge is 0.323 e. The molecule has 0 saturated carbocycles. The number of rotatable bonds is 5. The number of aromatic nitrogens is 1. The van der Waals surface area contributed by atoms with E-state index in [1.54, 1.807) is 0 Å². The molecule has 0 saturated heterocycles. The van der Waals surface area contributed by atoms with Crippen LogP contribution >= 0.6 is 0 Å². The van der Waals surface area contributed by atoms with Crippen LogP contribution in [0.25, 0.3) is 0 Å². The number of methoxy groups -OCH3 is 1. The second-order valence-electron chi connectivity index (χ2n) is 2.75. The molecule has 0 aromatic carbocycles. The summed E-state index contributed by atoms with van der Waals surface area (Å²) in [7, 11) is 1.43. The van der Waals surface area contributed by atoms with Gasteiger partial charge in [-0.25, -0.2) is 0 Å². The molecule has 0 atom stereocenters. The van der Waals surface area contributed by atoms with Gasteiger partial charge in [-0.15, -0.1) is 0 Å². The highest BCUT2D eigenvalue weighted by Gasteiger charge is 2.06. The zero-order chi connectivity index (χ0) is 11.3. The highest BCUT2D eigenvalue weighted by molar-refractivity contribution is 5.66. The number of hydrogen-bond donors (Lipinski definition) is 1. The lowest BCUT2D eigenvalue weighted by Gasteiger charge is -2.06. The maximum atomic E-state index is 11.5. The molecular formula is C9H11NO5. The van der Waals surface area contributed by atoms with E-state index in [-0.39, 0.29) is 19.1 Å². The van der Waals surface area contributed by atoms with E-state index in [1.807, 2.05) is 0 Å². The molecule has 0 amide bonds. The predicted molar refractivity (Wildman–Crippen MR) is 50.8 cm³/mol. The van der Waals surface area contributed by atoms with Gasteiger partial charge in [-0.2, -0.15) is 0 Å². The Bertz CT molecular complexity index is 398. The highest BCUT2D eigenvalue weighted by Crippen LogP contribution is 2.01. The van der Waals surface area contributed by atoms with Crippen molar-refractivity contribution in [2.75, 3.05) is 13.9 Å². The molecule has 0 fully saturated rings. The summed E-state index contributed by atoms with van der Waals surface area (Å²) in [5, 5.41) is 8.53. The van der Waals surface area contributed by atoms with Crippen molar-refractivity contribution in [1.82, 2.24) is 4.57 Å². The Morgan fingerprint density at radius 3 is 2.93 bits per heavy atom. The first-order valence-corrected chi connectivity index (χ1v) is 4.18. The Balaban J connectivity index is 2.90. The van der Waals surface area contributed by atoms with Crippen LogP contribution in [-0.2, 0) is 16.1 Å². The van der Waals surface area contributed by atoms with Crippen LogP contribution in [0.15, 0.2) is 23.1 Å². The molecule has 1 heterocycles. The normalized spacial score (nSPS) is 9.93. The summed E-state index contributed by atoms with van der Waals surface area (Å²) in [6.07, 6.45) is 1.39. The Morgan fingerprint density at radius 1 is 1.60 bits per heavy atom. The fourth-order valence-electron chi connectivity index (χ4n) is 1.02. The number of ether oxygens (including phenoxy) is 2. The zero-order valence-electron chi connectivity index (χ0n) is 8.17. The van der Waals surface area contributed by atoms with Gasteiger partial charge >= 0.3 is 5.97 Å². The molecule has 6 heteroatoms. The molecular weight excluding hydrogens is 202 g/mol. The fraction of sp³-hybridized carbons (Fsp3) is 0.333. The Hall–Kier alpha value is -1.82. The van der Waals surface area contributed by atoms with Gasteiger partial charge in [-0.1, -0.05) is 0 Å². The number of nitrogens with zero attached hydrogens (tertiary/aromatic N) is 1. The van der Waals surface area contributed by atoms with Crippen molar-refractivity contribution in [3.05, 3.63) is 28.7 Å². The van der Waals surface area contributed by atoms with Crippen LogP contribution in [0.3, 0.4) is 0 Å². The summed E-state index contributed by atoms with van der Waals surface area (Å²) >= 11 is 0. The zero-order valence-corrected chi connectivity index (χ0v) is 8.17. The van der Waals surface area contributed by atoms with Crippen LogP contribution in [0, 0.1) is 0 Å². The van der Waals surface area contributed by atoms with Crippen LogP contribution in [0.5, 0.6) is 5.75 Å². The molecule has 0 spiro atoms. The summed E-state index contributed by atoms with van der Waals surface area (Å²) in [5.74, 6) is -1.01. The van der Waals surface area contributed by atoms with Crippen LogP contribution in [0.4, 0.5) is 0 Å². The Morgan fingerprint density at radius 2 is 2.33 bits per heavy atom. The standard InChI is InChI=1S/C9H11NO5/c1-14-6-15-7-3-2-4-10(9(7)13)5-8(11)12/h2-4H,5-6H2,1H3,(H,11,12). The van der Waals surface area contributed by atoms with E-state index < -0.39 is 11.5 Å². The molecule has 0 aliphatic rings. The number of carbonyl (C=O) groups is 1. The molecule has 1 aromatic heterocycles. The van der Waals surface area contributed by atoms with E-state index in [0.717, 1.165) is 4.57 Å². The minimum absolute atomic E-state index is 0.0493. The third-order valence-corrected chi connectivity index (χ3v) is 1.62. The summed E-state index contributed by atoms with van der Waals surface area (Å²) < 4.78 is 10.6. The van der Waals surface area contributed by atoms with Crippen LogP contribution in [0.2, 0.25) is 0 Å². The van der Waals surface area contributed by atoms with Gasteiger partial charge in [-0.3, -0.25) is 9.59 Å². The van der Waals surface area contributed by atoms with Gasteiger partial charge in [0.25, 0.3) is 5.56 Å². The quantitative estimate of drug-likeness (QED) is 0.692. The van der Waals surface area contributed by atoms with Crippen LogP contribution in [0.1, 0.15) is 0 Å². The number of carboxylic acids is 1. The summed E-state index contributed by atoms with van der Waals surface area (Å²) in [5.41, 5.74) is -0.489. The van der Waals surface area contributed by atoms with Crippen molar-refractivity contribution < 1.29 is 19.4 Å². The van der Waals surface area contributed by atoms with Gasteiger partial charge in [0.1, 0.15) is 6.54 Å². The third kappa shape index (κ3) is 3.10. The first-order valence-electron chi connectivity index (χ1n) is 4.18. The maximum absolute atomic E-state index is 11.5. The average Bonchev–Trinajstić information content (AvgIpc) is 2.19. The van der Waals surface area contributed by atoms with Gasteiger partial charge in [-0.05, 0) is 12.1 Å². The van der Waals surface area contributed by atoms with Crippen molar-refractivity contribution in [2.24, 2.45) is 0 Å². The van der Waals surface area contributed by atoms with Crippen LogP contribution in [-0.4, -0.2) is 29.5 Å². The molecule has 0 radical (unpaired) electrons. The monoisotopic (exact) mass is 213 g/mol. The third-order valence-electron chi connectivity index (χ3n) is 1.62. The van der Waals surface area contributed by atoms with Gasteiger partial charge in [0.2, 0.25) is 0 Å². The predicted octanol–water partition coefficient (Wildman–Crippen LogP) is -0.0844. The SMILES string of the molecule is COCOc1cccn(CC(=O)O)c1=O. The molecule has 0 bridgehead atoms. The summed E-state index contributed by atoms with van der Waals surface area (Å²) in [6.45, 7) is -0.435. The number of carboxylic acid groups (broad SMARTS) is 1. The second-order valence-corrected chi connectivity index (χ2v) is 2.75. The molecule has 82 valence electrons. The Kier molecular flexibility index (Phi) is 3.87. The lowest BCUT2D eigenvalue weighted by atomic mass is 10.4. The molecule has 0 unspecified atom stereocenters. The van der Waals surface area contributed by atoms with E-state index in [9.17, 15) is 9.59 Å². The minimum Gasteiger partial charge on any atom is -0.480 e. The van der Waals surface area contributed by atoms with Crippen molar-refractivity contribution >= 4 is 5.97 Å². The maximum Gasteiger partial charge on any atom is 0.323 e. The first kappa shape index (κ1) is 11.3. The number of pyridine rings is 1. The fourth-order valence-corrected chi connectivity index (χ4v) is 1.02. The first-order chi connectivity index (χ1) is 7.15. The van der Waals surface area contributed by atoms with Crippen molar-refractivity contribution in [1.29, 1.82) is 0 Å². The van der Waals surface area contributed by atoms with Crippen LogP contribution < -0.4 is 10.3 Å². The largest absolute Gasteiger partial charge is 0.480 e. The number of hydrogen-bond acceptors (Lipinski definition) is 4. The van der Waals surface area contributed by atoms with E-state index in [4.69, 9.17) is 9.84 Å². The topological polar surface area (TPSA) is 77.8 Å². The lowest BCUT2D eigenvalue weighted by Crippen LogP contribution is -2.24. The molecule has 15 heavy (non-hydrogen) atoms.